The Hall–Kier alpha value is -0.820. The molecule has 0 fully saturated rings. The summed E-state index contributed by atoms with van der Waals surface area (Å²) in [7, 11) is 0. The van der Waals surface area contributed by atoms with E-state index in [2.05, 4.69) is 24.3 Å². The average Bonchev–Trinajstić information content (AvgIpc) is 2.29. The van der Waals surface area contributed by atoms with E-state index in [4.69, 9.17) is 5.73 Å². The van der Waals surface area contributed by atoms with Crippen molar-refractivity contribution in [2.45, 2.75) is 31.7 Å². The molecule has 2 rings (SSSR count). The first kappa shape index (κ1) is 7.81. The van der Waals surface area contributed by atoms with Gasteiger partial charge in [-0.2, -0.15) is 0 Å². The molecule has 1 aromatic rings. The Labute approximate surface area is 73.6 Å². The van der Waals surface area contributed by atoms with E-state index in [1.165, 1.54) is 30.4 Å². The fourth-order valence-electron chi connectivity index (χ4n) is 1.96. The van der Waals surface area contributed by atoms with Crippen LogP contribution in [0.2, 0.25) is 0 Å². The largest absolute Gasteiger partial charge is 0.324 e. The SMILES string of the molecule is N[C@H]1CCCCc2ccccc21. The summed E-state index contributed by atoms with van der Waals surface area (Å²) in [6.07, 6.45) is 4.93. The zero-order valence-electron chi connectivity index (χ0n) is 7.29. The molecule has 0 aromatic heterocycles. The second kappa shape index (κ2) is 3.28. The van der Waals surface area contributed by atoms with Crippen LogP contribution in [0.15, 0.2) is 24.3 Å². The highest BCUT2D eigenvalue weighted by Gasteiger charge is 2.13. The molecule has 64 valence electrons. The van der Waals surface area contributed by atoms with Crippen LogP contribution in [0.1, 0.15) is 36.4 Å². The third-order valence-electron chi connectivity index (χ3n) is 2.67. The third-order valence-corrected chi connectivity index (χ3v) is 2.67. The summed E-state index contributed by atoms with van der Waals surface area (Å²) in [5.74, 6) is 0. The molecule has 0 unspecified atom stereocenters. The molecule has 0 amide bonds. The van der Waals surface area contributed by atoms with E-state index >= 15 is 0 Å². The van der Waals surface area contributed by atoms with E-state index in [0.717, 1.165) is 6.42 Å². The first-order valence-corrected chi connectivity index (χ1v) is 4.71. The van der Waals surface area contributed by atoms with Gasteiger partial charge in [-0.1, -0.05) is 30.7 Å². The van der Waals surface area contributed by atoms with Crippen LogP contribution in [0.4, 0.5) is 0 Å². The van der Waals surface area contributed by atoms with E-state index in [1.54, 1.807) is 0 Å². The Morgan fingerprint density at radius 2 is 2.00 bits per heavy atom. The summed E-state index contributed by atoms with van der Waals surface area (Å²) in [6, 6.07) is 8.86. The van der Waals surface area contributed by atoms with Gasteiger partial charge in [0.15, 0.2) is 0 Å². The zero-order valence-corrected chi connectivity index (χ0v) is 7.29. The number of hydrogen-bond acceptors (Lipinski definition) is 1. The second-order valence-corrected chi connectivity index (χ2v) is 3.55. The fraction of sp³-hybridized carbons (Fsp3) is 0.455. The number of aryl methyl sites for hydroxylation is 1. The molecule has 0 saturated heterocycles. The summed E-state index contributed by atoms with van der Waals surface area (Å²) in [4.78, 5) is 0. The molecule has 0 aliphatic heterocycles. The summed E-state index contributed by atoms with van der Waals surface area (Å²) in [6.45, 7) is 0. The van der Waals surface area contributed by atoms with Crippen LogP contribution in [0, 0.1) is 0 Å². The summed E-state index contributed by atoms with van der Waals surface area (Å²) < 4.78 is 0. The van der Waals surface area contributed by atoms with Gasteiger partial charge in [-0.05, 0) is 30.4 Å². The van der Waals surface area contributed by atoms with Gasteiger partial charge in [-0.15, -0.1) is 0 Å². The number of rotatable bonds is 0. The van der Waals surface area contributed by atoms with Gasteiger partial charge in [-0.25, -0.2) is 0 Å². The van der Waals surface area contributed by atoms with Gasteiger partial charge in [0.2, 0.25) is 0 Å². The van der Waals surface area contributed by atoms with Gasteiger partial charge in [0.05, 0.1) is 0 Å². The maximum absolute atomic E-state index is 6.05. The lowest BCUT2D eigenvalue weighted by Crippen LogP contribution is -2.09. The molecule has 1 heteroatoms. The molecule has 12 heavy (non-hydrogen) atoms. The van der Waals surface area contributed by atoms with E-state index in [9.17, 15) is 0 Å². The van der Waals surface area contributed by atoms with Gasteiger partial charge in [-0.3, -0.25) is 0 Å². The van der Waals surface area contributed by atoms with Crippen LogP contribution in [0.5, 0.6) is 0 Å². The molecule has 1 aliphatic rings. The van der Waals surface area contributed by atoms with Crippen molar-refractivity contribution in [3.05, 3.63) is 35.4 Å². The highest BCUT2D eigenvalue weighted by atomic mass is 14.6. The predicted octanol–water partition coefficient (Wildman–Crippen LogP) is 2.41. The van der Waals surface area contributed by atoms with E-state index in [-0.39, 0.29) is 6.04 Å². The van der Waals surface area contributed by atoms with E-state index in [1.807, 2.05) is 0 Å². The van der Waals surface area contributed by atoms with Crippen molar-refractivity contribution in [3.63, 3.8) is 0 Å². The van der Waals surface area contributed by atoms with Crippen LogP contribution >= 0.6 is 0 Å². The van der Waals surface area contributed by atoms with Crippen molar-refractivity contribution in [1.82, 2.24) is 0 Å². The Bertz CT molecular complexity index is 267. The highest BCUT2D eigenvalue weighted by molar-refractivity contribution is 5.30. The summed E-state index contributed by atoms with van der Waals surface area (Å²) >= 11 is 0. The van der Waals surface area contributed by atoms with E-state index in [0.29, 0.717) is 0 Å². The number of nitrogens with two attached hydrogens (primary N) is 1. The highest BCUT2D eigenvalue weighted by Crippen LogP contribution is 2.26. The molecule has 1 atom stereocenters. The second-order valence-electron chi connectivity index (χ2n) is 3.55. The number of benzene rings is 1. The van der Waals surface area contributed by atoms with Crippen LogP contribution in [0.3, 0.4) is 0 Å². The Morgan fingerprint density at radius 1 is 1.17 bits per heavy atom. The molecule has 2 N–H and O–H groups in total. The lowest BCUT2D eigenvalue weighted by molar-refractivity contribution is 0.615. The fourth-order valence-corrected chi connectivity index (χ4v) is 1.96. The lowest BCUT2D eigenvalue weighted by Gasteiger charge is -2.11. The maximum Gasteiger partial charge on any atom is 0.0297 e. The molecular formula is C11H15N. The Balaban J connectivity index is 2.39. The minimum Gasteiger partial charge on any atom is -0.324 e. The van der Waals surface area contributed by atoms with Crippen molar-refractivity contribution in [2.75, 3.05) is 0 Å². The van der Waals surface area contributed by atoms with Crippen molar-refractivity contribution in [3.8, 4) is 0 Å². The van der Waals surface area contributed by atoms with Crippen LogP contribution < -0.4 is 5.73 Å². The quantitative estimate of drug-likeness (QED) is 0.581. The molecule has 0 saturated carbocycles. The average molecular weight is 161 g/mol. The first-order valence-electron chi connectivity index (χ1n) is 4.71. The molecule has 0 radical (unpaired) electrons. The van der Waals surface area contributed by atoms with E-state index < -0.39 is 0 Å². The molecular weight excluding hydrogens is 146 g/mol. The minimum atomic E-state index is 0.281. The predicted molar refractivity (Wildman–Crippen MR) is 50.9 cm³/mol. The molecule has 0 spiro atoms. The van der Waals surface area contributed by atoms with Crippen molar-refractivity contribution in [2.24, 2.45) is 5.73 Å². The maximum atomic E-state index is 6.05. The third kappa shape index (κ3) is 1.37. The normalized spacial score (nSPS) is 22.9. The summed E-state index contributed by atoms with van der Waals surface area (Å²) in [5.41, 5.74) is 8.88. The number of hydrogen-bond donors (Lipinski definition) is 1. The van der Waals surface area contributed by atoms with Crippen LogP contribution in [-0.2, 0) is 6.42 Å². The molecule has 1 aromatic carbocycles. The van der Waals surface area contributed by atoms with Gasteiger partial charge < -0.3 is 5.73 Å². The van der Waals surface area contributed by atoms with Crippen LogP contribution in [-0.4, -0.2) is 0 Å². The Kier molecular flexibility index (Phi) is 2.13. The van der Waals surface area contributed by atoms with Crippen molar-refractivity contribution in [1.29, 1.82) is 0 Å². The van der Waals surface area contributed by atoms with Crippen molar-refractivity contribution < 1.29 is 0 Å². The molecule has 1 aliphatic carbocycles. The molecule has 0 bridgehead atoms. The Morgan fingerprint density at radius 3 is 2.92 bits per heavy atom. The number of fused-ring (bicyclic) bond motifs is 1. The molecule has 1 nitrogen and oxygen atoms in total. The summed E-state index contributed by atoms with van der Waals surface area (Å²) in [5, 5.41) is 0. The monoisotopic (exact) mass is 161 g/mol. The minimum absolute atomic E-state index is 0.281. The van der Waals surface area contributed by atoms with Gasteiger partial charge in [0.25, 0.3) is 0 Å². The topological polar surface area (TPSA) is 26.0 Å². The van der Waals surface area contributed by atoms with Crippen LogP contribution in [0.25, 0.3) is 0 Å². The van der Waals surface area contributed by atoms with Gasteiger partial charge in [0, 0.05) is 6.04 Å². The smallest absolute Gasteiger partial charge is 0.0297 e. The zero-order chi connectivity index (χ0) is 8.39. The van der Waals surface area contributed by atoms with Gasteiger partial charge in [0.1, 0.15) is 0 Å². The first-order chi connectivity index (χ1) is 5.88. The lowest BCUT2D eigenvalue weighted by atomic mass is 10.0. The standard InChI is InChI=1S/C11H15N/c12-11-8-4-2-6-9-5-1-3-7-10(9)11/h1,3,5,7,11H,2,4,6,8,12H2/t11-/m0/s1. The molecule has 0 heterocycles. The van der Waals surface area contributed by atoms with Crippen molar-refractivity contribution >= 4 is 0 Å². The van der Waals surface area contributed by atoms with Gasteiger partial charge >= 0.3 is 0 Å².